The molecule has 0 bridgehead atoms. The predicted octanol–water partition coefficient (Wildman–Crippen LogP) is 2.49. The number of ether oxygens (including phenoxy) is 4. The quantitative estimate of drug-likeness (QED) is 0.224. The summed E-state index contributed by atoms with van der Waals surface area (Å²) in [5, 5.41) is 15.2. The van der Waals surface area contributed by atoms with Gasteiger partial charge in [-0.15, -0.1) is 0 Å². The number of nitro groups is 1. The van der Waals surface area contributed by atoms with Crippen molar-refractivity contribution < 1.29 is 23.9 Å². The van der Waals surface area contributed by atoms with E-state index in [2.05, 4.69) is 30.3 Å². The molecule has 0 saturated carbocycles. The number of nitro benzene ring substituents is 1. The molecule has 1 N–H and O–H groups in total. The van der Waals surface area contributed by atoms with Crippen LogP contribution in [0.2, 0.25) is 0 Å². The molecule has 0 amide bonds. The maximum Gasteiger partial charge on any atom is 0.269 e. The number of hydrogen-bond donors (Lipinski definition) is 1. The summed E-state index contributed by atoms with van der Waals surface area (Å²) in [6.45, 7) is 5.47. The second kappa shape index (κ2) is 13.0. The Balaban J connectivity index is 1.29. The Morgan fingerprint density at radius 3 is 2.15 bits per heavy atom. The summed E-state index contributed by atoms with van der Waals surface area (Å²) >= 11 is 0. The number of methoxy groups -OCH3 is 1. The minimum Gasteiger partial charge on any atom is -0.493 e. The van der Waals surface area contributed by atoms with Gasteiger partial charge >= 0.3 is 0 Å². The van der Waals surface area contributed by atoms with Crippen LogP contribution in [0.1, 0.15) is 11.1 Å². The van der Waals surface area contributed by atoms with Gasteiger partial charge in [-0.25, -0.2) is 5.43 Å². The fourth-order valence-electron chi connectivity index (χ4n) is 4.14. The van der Waals surface area contributed by atoms with E-state index in [9.17, 15) is 10.1 Å². The Bertz CT molecular complexity index is 1290. The average Bonchev–Trinajstić information content (AvgIpc) is 3.01. The number of morpholine rings is 2. The van der Waals surface area contributed by atoms with Crippen LogP contribution in [-0.2, 0) is 16.1 Å². The van der Waals surface area contributed by atoms with Crippen molar-refractivity contribution in [3.05, 3.63) is 63.7 Å². The number of nitrogens with zero attached hydrogens (tertiary/aromatic N) is 7. The Morgan fingerprint density at radius 1 is 0.950 bits per heavy atom. The van der Waals surface area contributed by atoms with Crippen LogP contribution in [0.5, 0.6) is 11.5 Å². The lowest BCUT2D eigenvalue weighted by Gasteiger charge is -2.30. The van der Waals surface area contributed by atoms with Crippen LogP contribution in [0.25, 0.3) is 0 Å². The van der Waals surface area contributed by atoms with Crippen molar-refractivity contribution in [2.75, 3.05) is 74.9 Å². The maximum absolute atomic E-state index is 10.9. The zero-order chi connectivity index (χ0) is 27.7. The van der Waals surface area contributed by atoms with Gasteiger partial charge in [-0.05, 0) is 41.5 Å². The monoisotopic (exact) mass is 550 g/mol. The normalized spacial score (nSPS) is 15.7. The molecule has 2 aliphatic rings. The molecule has 40 heavy (non-hydrogen) atoms. The van der Waals surface area contributed by atoms with E-state index in [1.807, 2.05) is 6.07 Å². The zero-order valence-electron chi connectivity index (χ0n) is 22.1. The summed E-state index contributed by atoms with van der Waals surface area (Å²) in [7, 11) is 1.56. The first-order chi connectivity index (χ1) is 19.6. The molecular formula is C26H30N8O6. The molecule has 14 heteroatoms. The van der Waals surface area contributed by atoms with Gasteiger partial charge < -0.3 is 28.7 Å². The Morgan fingerprint density at radius 2 is 1.57 bits per heavy atom. The summed E-state index contributed by atoms with van der Waals surface area (Å²) in [6.07, 6.45) is 1.63. The molecule has 14 nitrogen and oxygen atoms in total. The molecule has 3 aromatic rings. The Kier molecular flexibility index (Phi) is 8.78. The van der Waals surface area contributed by atoms with E-state index in [1.165, 1.54) is 12.1 Å². The van der Waals surface area contributed by atoms with Gasteiger partial charge in [0.2, 0.25) is 17.8 Å². The van der Waals surface area contributed by atoms with Crippen LogP contribution in [-0.4, -0.2) is 85.8 Å². The van der Waals surface area contributed by atoms with Crippen molar-refractivity contribution >= 4 is 29.7 Å². The lowest BCUT2D eigenvalue weighted by molar-refractivity contribution is -0.384. The Labute approximate surface area is 230 Å². The van der Waals surface area contributed by atoms with E-state index in [0.29, 0.717) is 82.0 Å². The van der Waals surface area contributed by atoms with Crippen molar-refractivity contribution in [2.45, 2.75) is 6.61 Å². The third-order valence-corrected chi connectivity index (χ3v) is 6.31. The largest absolute Gasteiger partial charge is 0.493 e. The fourth-order valence-corrected chi connectivity index (χ4v) is 4.14. The summed E-state index contributed by atoms with van der Waals surface area (Å²) < 4.78 is 22.3. The molecule has 1 aromatic heterocycles. The molecule has 0 atom stereocenters. The summed E-state index contributed by atoms with van der Waals surface area (Å²) in [4.78, 5) is 28.5. The topological polar surface area (TPSA) is 150 Å². The van der Waals surface area contributed by atoms with E-state index in [4.69, 9.17) is 23.9 Å². The van der Waals surface area contributed by atoms with Gasteiger partial charge in [0.15, 0.2) is 11.5 Å². The van der Waals surface area contributed by atoms with E-state index >= 15 is 0 Å². The smallest absolute Gasteiger partial charge is 0.269 e. The molecule has 2 aliphatic heterocycles. The Hall–Kier alpha value is -4.56. The summed E-state index contributed by atoms with van der Waals surface area (Å²) in [5.74, 6) is 2.54. The van der Waals surface area contributed by atoms with E-state index in [1.54, 1.807) is 37.6 Å². The highest BCUT2D eigenvalue weighted by Gasteiger charge is 2.20. The van der Waals surface area contributed by atoms with Crippen LogP contribution >= 0.6 is 0 Å². The number of nitrogens with one attached hydrogen (secondary N) is 1. The van der Waals surface area contributed by atoms with Gasteiger partial charge in [-0.1, -0.05) is 0 Å². The van der Waals surface area contributed by atoms with Crippen LogP contribution in [0.15, 0.2) is 47.6 Å². The highest BCUT2D eigenvalue weighted by atomic mass is 16.6. The van der Waals surface area contributed by atoms with Crippen molar-refractivity contribution in [1.82, 2.24) is 15.0 Å². The molecule has 3 heterocycles. The minimum atomic E-state index is -0.436. The first kappa shape index (κ1) is 27.0. The number of hydrazone groups is 1. The third-order valence-electron chi connectivity index (χ3n) is 6.31. The standard InChI is InChI=1S/C26H30N8O6/c1-37-22-7-4-20(16-23(22)40-18-19-2-5-21(6-3-19)34(35)36)17-27-31-24-28-25(32-8-12-38-13-9-32)30-26(29-24)33-10-14-39-15-11-33/h2-7,16-17H,8-15,18H2,1H3,(H,28,29,30,31)/b27-17-. The van der Waals surface area contributed by atoms with Crippen LogP contribution in [0.3, 0.4) is 0 Å². The number of non-ortho nitro benzene ring substituents is 1. The molecule has 2 aromatic carbocycles. The number of benzene rings is 2. The van der Waals surface area contributed by atoms with Crippen molar-refractivity contribution in [3.63, 3.8) is 0 Å². The van der Waals surface area contributed by atoms with Crippen molar-refractivity contribution in [2.24, 2.45) is 5.10 Å². The molecule has 2 saturated heterocycles. The molecule has 0 unspecified atom stereocenters. The molecule has 0 spiro atoms. The van der Waals surface area contributed by atoms with Gasteiger partial charge in [0.1, 0.15) is 6.61 Å². The number of aromatic nitrogens is 3. The van der Waals surface area contributed by atoms with Gasteiger partial charge in [0.05, 0.1) is 44.7 Å². The van der Waals surface area contributed by atoms with Gasteiger partial charge in [0.25, 0.3) is 5.69 Å². The minimum absolute atomic E-state index is 0.0272. The molecule has 2 fully saturated rings. The van der Waals surface area contributed by atoms with E-state index in [0.717, 1.165) is 11.1 Å². The lowest BCUT2D eigenvalue weighted by Crippen LogP contribution is -2.40. The first-order valence-corrected chi connectivity index (χ1v) is 12.8. The van der Waals surface area contributed by atoms with Crippen LogP contribution in [0.4, 0.5) is 23.5 Å². The second-order valence-electron chi connectivity index (χ2n) is 8.95. The van der Waals surface area contributed by atoms with Crippen LogP contribution < -0.4 is 24.7 Å². The zero-order valence-corrected chi connectivity index (χ0v) is 22.1. The SMILES string of the molecule is COc1ccc(/C=N\Nc2nc(N3CCOCC3)nc(N3CCOCC3)n2)cc1OCc1ccc([N+](=O)[O-])cc1. The summed E-state index contributed by atoms with van der Waals surface area (Å²) in [6, 6.07) is 11.6. The molecular weight excluding hydrogens is 520 g/mol. The summed E-state index contributed by atoms with van der Waals surface area (Å²) in [5.41, 5.74) is 4.50. The van der Waals surface area contributed by atoms with E-state index < -0.39 is 4.92 Å². The van der Waals surface area contributed by atoms with E-state index in [-0.39, 0.29) is 12.3 Å². The van der Waals surface area contributed by atoms with Gasteiger partial charge in [-0.3, -0.25) is 10.1 Å². The molecule has 0 radical (unpaired) electrons. The lowest BCUT2D eigenvalue weighted by atomic mass is 10.2. The highest BCUT2D eigenvalue weighted by Crippen LogP contribution is 2.29. The number of rotatable bonds is 10. The number of hydrogen-bond acceptors (Lipinski definition) is 13. The second-order valence-corrected chi connectivity index (χ2v) is 8.95. The first-order valence-electron chi connectivity index (χ1n) is 12.8. The third kappa shape index (κ3) is 6.90. The number of anilines is 3. The molecule has 210 valence electrons. The van der Waals surface area contributed by atoms with Crippen LogP contribution in [0, 0.1) is 10.1 Å². The highest BCUT2D eigenvalue weighted by molar-refractivity contribution is 5.81. The van der Waals surface area contributed by atoms with Crippen molar-refractivity contribution in [1.29, 1.82) is 0 Å². The average molecular weight is 551 g/mol. The van der Waals surface area contributed by atoms with Gasteiger partial charge in [-0.2, -0.15) is 20.1 Å². The van der Waals surface area contributed by atoms with Gasteiger partial charge in [0, 0.05) is 38.3 Å². The fraction of sp³-hybridized carbons (Fsp3) is 0.385. The predicted molar refractivity (Wildman–Crippen MR) is 148 cm³/mol. The van der Waals surface area contributed by atoms with Crippen molar-refractivity contribution in [3.8, 4) is 11.5 Å². The maximum atomic E-state index is 10.9. The molecule has 0 aliphatic carbocycles. The molecule has 5 rings (SSSR count).